The number of halogens is 4. The standard InChI is InChI=1S/C16H14ClF3N4O3/c17-13-14(9-5-6-9)23(22-15(13)16(18,19)20)8-7-12(25)21-10-3-1-2-4-11(10)24(26)27/h1-4,9H,5-8H2,(H,21,25). The molecule has 1 aromatic carbocycles. The molecule has 0 radical (unpaired) electrons. The number of anilines is 1. The smallest absolute Gasteiger partial charge is 0.320 e. The molecule has 3 rings (SSSR count). The number of amides is 1. The fourth-order valence-electron chi connectivity index (χ4n) is 2.71. The Morgan fingerprint density at radius 3 is 2.63 bits per heavy atom. The summed E-state index contributed by atoms with van der Waals surface area (Å²) in [6.07, 6.45) is -3.46. The highest BCUT2D eigenvalue weighted by molar-refractivity contribution is 6.32. The normalized spacial score (nSPS) is 14.2. The van der Waals surface area contributed by atoms with Crippen molar-refractivity contribution in [3.8, 4) is 0 Å². The first-order valence-corrected chi connectivity index (χ1v) is 8.43. The van der Waals surface area contributed by atoms with Crippen molar-refractivity contribution in [1.29, 1.82) is 0 Å². The van der Waals surface area contributed by atoms with Gasteiger partial charge in [-0.3, -0.25) is 19.6 Å². The molecule has 1 saturated carbocycles. The topological polar surface area (TPSA) is 90.1 Å². The quantitative estimate of drug-likeness (QED) is 0.573. The van der Waals surface area contributed by atoms with Crippen molar-refractivity contribution in [2.75, 3.05) is 5.32 Å². The van der Waals surface area contributed by atoms with Gasteiger partial charge in [0.15, 0.2) is 5.69 Å². The number of alkyl halides is 3. The van der Waals surface area contributed by atoms with Crippen LogP contribution in [0.15, 0.2) is 24.3 Å². The van der Waals surface area contributed by atoms with E-state index in [9.17, 15) is 28.1 Å². The van der Waals surface area contributed by atoms with Crippen molar-refractivity contribution in [3.05, 3.63) is 50.8 Å². The fraction of sp³-hybridized carbons (Fsp3) is 0.375. The van der Waals surface area contributed by atoms with Gasteiger partial charge in [-0.2, -0.15) is 18.3 Å². The second-order valence-corrected chi connectivity index (χ2v) is 6.49. The van der Waals surface area contributed by atoms with E-state index in [1.54, 1.807) is 0 Å². The Morgan fingerprint density at radius 1 is 1.37 bits per heavy atom. The summed E-state index contributed by atoms with van der Waals surface area (Å²) in [6, 6.07) is 5.60. The van der Waals surface area contributed by atoms with Crippen LogP contribution in [0.25, 0.3) is 0 Å². The zero-order valence-corrected chi connectivity index (χ0v) is 14.5. The highest BCUT2D eigenvalue weighted by atomic mass is 35.5. The van der Waals surface area contributed by atoms with Gasteiger partial charge in [0.1, 0.15) is 5.69 Å². The van der Waals surface area contributed by atoms with Crippen LogP contribution in [0, 0.1) is 10.1 Å². The van der Waals surface area contributed by atoms with Gasteiger partial charge in [-0.15, -0.1) is 0 Å². The molecule has 1 aliphatic carbocycles. The van der Waals surface area contributed by atoms with Crippen molar-refractivity contribution in [1.82, 2.24) is 9.78 Å². The predicted molar refractivity (Wildman–Crippen MR) is 90.6 cm³/mol. The zero-order valence-electron chi connectivity index (χ0n) is 13.8. The summed E-state index contributed by atoms with van der Waals surface area (Å²) in [5.74, 6) is -0.675. The van der Waals surface area contributed by atoms with Crippen molar-refractivity contribution in [3.63, 3.8) is 0 Å². The zero-order chi connectivity index (χ0) is 19.8. The summed E-state index contributed by atoms with van der Waals surface area (Å²) in [5.41, 5.74) is -1.14. The van der Waals surface area contributed by atoms with Crippen molar-refractivity contribution in [2.24, 2.45) is 0 Å². The Labute approximate surface area is 156 Å². The second-order valence-electron chi connectivity index (χ2n) is 6.12. The Bertz CT molecular complexity index is 894. The number of carbonyl (C=O) groups is 1. The Balaban J connectivity index is 1.74. The SMILES string of the molecule is O=C(CCn1nc(C(F)(F)F)c(Cl)c1C1CC1)Nc1ccccc1[N+](=O)[O-]. The predicted octanol–water partition coefficient (Wildman–Crippen LogP) is 4.37. The molecule has 1 fully saturated rings. The number of hydrogen-bond acceptors (Lipinski definition) is 4. The molecule has 1 amide bonds. The molecule has 27 heavy (non-hydrogen) atoms. The minimum atomic E-state index is -4.68. The summed E-state index contributed by atoms with van der Waals surface area (Å²) in [4.78, 5) is 22.4. The van der Waals surface area contributed by atoms with Crippen molar-refractivity contribution in [2.45, 2.75) is 37.9 Å². The van der Waals surface area contributed by atoms with Gasteiger partial charge in [0.25, 0.3) is 5.69 Å². The number of nitrogens with zero attached hydrogens (tertiary/aromatic N) is 3. The molecule has 7 nitrogen and oxygen atoms in total. The number of aryl methyl sites for hydroxylation is 1. The number of para-hydroxylation sites is 2. The molecule has 1 N–H and O–H groups in total. The fourth-order valence-corrected chi connectivity index (χ4v) is 3.11. The summed E-state index contributed by atoms with van der Waals surface area (Å²) in [5, 5.41) is 16.5. The molecule has 1 heterocycles. The van der Waals surface area contributed by atoms with Crippen LogP contribution in [0.1, 0.15) is 36.6 Å². The van der Waals surface area contributed by atoms with E-state index in [1.165, 1.54) is 24.3 Å². The van der Waals surface area contributed by atoms with E-state index in [0.29, 0.717) is 12.8 Å². The van der Waals surface area contributed by atoms with Crippen LogP contribution in [0.4, 0.5) is 24.5 Å². The van der Waals surface area contributed by atoms with Crippen molar-refractivity contribution >= 4 is 28.9 Å². The summed E-state index contributed by atoms with van der Waals surface area (Å²) >= 11 is 5.87. The number of nitrogens with one attached hydrogen (secondary N) is 1. The maximum atomic E-state index is 13.0. The summed E-state index contributed by atoms with van der Waals surface area (Å²) in [7, 11) is 0. The van der Waals surface area contributed by atoms with Crippen LogP contribution in [0.3, 0.4) is 0 Å². The van der Waals surface area contributed by atoms with E-state index in [4.69, 9.17) is 11.6 Å². The number of aromatic nitrogens is 2. The summed E-state index contributed by atoms with van der Waals surface area (Å²) < 4.78 is 40.2. The number of nitro groups is 1. The van der Waals surface area contributed by atoms with Crippen LogP contribution < -0.4 is 5.32 Å². The van der Waals surface area contributed by atoms with Gasteiger partial charge >= 0.3 is 6.18 Å². The van der Waals surface area contributed by atoms with E-state index < -0.39 is 27.7 Å². The molecular formula is C16H14ClF3N4O3. The maximum absolute atomic E-state index is 13.0. The Morgan fingerprint density at radius 2 is 2.04 bits per heavy atom. The second kappa shape index (κ2) is 7.18. The van der Waals surface area contributed by atoms with Gasteiger partial charge < -0.3 is 5.32 Å². The molecule has 0 spiro atoms. The Hall–Kier alpha value is -2.62. The lowest BCUT2D eigenvalue weighted by Gasteiger charge is -2.08. The first-order chi connectivity index (χ1) is 12.7. The average molecular weight is 403 g/mol. The first-order valence-electron chi connectivity index (χ1n) is 8.05. The lowest BCUT2D eigenvalue weighted by atomic mass is 10.2. The lowest BCUT2D eigenvalue weighted by Crippen LogP contribution is -2.17. The van der Waals surface area contributed by atoms with E-state index in [1.807, 2.05) is 0 Å². The molecule has 0 aliphatic heterocycles. The number of rotatable bonds is 6. The highest BCUT2D eigenvalue weighted by Crippen LogP contribution is 2.46. The molecule has 144 valence electrons. The number of benzene rings is 1. The first kappa shape index (κ1) is 19.2. The van der Waals surface area contributed by atoms with Gasteiger partial charge in [-0.25, -0.2) is 0 Å². The van der Waals surface area contributed by atoms with Gasteiger partial charge in [0.2, 0.25) is 5.91 Å². The molecule has 0 unspecified atom stereocenters. The number of nitro benzene ring substituents is 1. The molecule has 0 bridgehead atoms. The minimum absolute atomic E-state index is 0.0180. The van der Waals surface area contributed by atoms with E-state index >= 15 is 0 Å². The third kappa shape index (κ3) is 4.21. The number of hydrogen-bond donors (Lipinski definition) is 1. The molecule has 0 atom stereocenters. The van der Waals surface area contributed by atoms with Crippen LogP contribution in [-0.4, -0.2) is 20.6 Å². The highest BCUT2D eigenvalue weighted by Gasteiger charge is 2.42. The largest absolute Gasteiger partial charge is 0.436 e. The Kier molecular flexibility index (Phi) is 5.09. The minimum Gasteiger partial charge on any atom is -0.320 e. The number of carbonyl (C=O) groups excluding carboxylic acids is 1. The third-order valence-electron chi connectivity index (χ3n) is 4.09. The molecular weight excluding hydrogens is 389 g/mol. The van der Waals surface area contributed by atoms with E-state index in [-0.39, 0.29) is 36.0 Å². The van der Waals surface area contributed by atoms with Crippen LogP contribution >= 0.6 is 11.6 Å². The third-order valence-corrected chi connectivity index (χ3v) is 4.46. The molecule has 0 saturated heterocycles. The van der Waals surface area contributed by atoms with E-state index in [0.717, 1.165) is 4.68 Å². The average Bonchev–Trinajstić information content (AvgIpc) is 3.35. The molecule has 1 aromatic heterocycles. The molecule has 11 heteroatoms. The van der Waals surface area contributed by atoms with Crippen LogP contribution in [-0.2, 0) is 17.5 Å². The molecule has 2 aromatic rings. The van der Waals surface area contributed by atoms with Crippen molar-refractivity contribution < 1.29 is 22.9 Å². The van der Waals surface area contributed by atoms with Gasteiger partial charge in [-0.05, 0) is 18.9 Å². The molecule has 1 aliphatic rings. The van der Waals surface area contributed by atoms with Gasteiger partial charge in [0, 0.05) is 18.4 Å². The van der Waals surface area contributed by atoms with Crippen LogP contribution in [0.2, 0.25) is 5.02 Å². The van der Waals surface area contributed by atoms with Gasteiger partial charge in [0.05, 0.1) is 22.2 Å². The maximum Gasteiger partial charge on any atom is 0.436 e. The van der Waals surface area contributed by atoms with Crippen LogP contribution in [0.5, 0.6) is 0 Å². The summed E-state index contributed by atoms with van der Waals surface area (Å²) in [6.45, 7) is -0.117. The van der Waals surface area contributed by atoms with Gasteiger partial charge in [-0.1, -0.05) is 23.7 Å². The van der Waals surface area contributed by atoms with E-state index in [2.05, 4.69) is 10.4 Å². The monoisotopic (exact) mass is 402 g/mol. The lowest BCUT2D eigenvalue weighted by molar-refractivity contribution is -0.383.